The lowest BCUT2D eigenvalue weighted by Crippen LogP contribution is -2.08. The maximum absolute atomic E-state index is 11.6. The van der Waals surface area contributed by atoms with Crippen molar-refractivity contribution in [2.24, 2.45) is 0 Å². The van der Waals surface area contributed by atoms with Gasteiger partial charge in [0, 0.05) is 16.9 Å². The molecule has 0 aliphatic carbocycles. The number of aromatic nitrogens is 1. The van der Waals surface area contributed by atoms with Crippen molar-refractivity contribution in [1.82, 2.24) is 4.98 Å². The highest BCUT2D eigenvalue weighted by Gasteiger charge is 2.18. The Labute approximate surface area is 139 Å². The average molecular weight is 332 g/mol. The van der Waals surface area contributed by atoms with Crippen molar-refractivity contribution in [3.63, 3.8) is 0 Å². The lowest BCUT2D eigenvalue weighted by molar-refractivity contribution is -0.136. The predicted octanol–water partition coefficient (Wildman–Crippen LogP) is 3.71. The Morgan fingerprint density at radius 2 is 1.83 bits per heavy atom. The van der Waals surface area contributed by atoms with Crippen LogP contribution in [0, 0.1) is 20.8 Å². The summed E-state index contributed by atoms with van der Waals surface area (Å²) < 4.78 is 0. The molecule has 0 saturated carbocycles. The largest absolute Gasteiger partial charge is 0.481 e. The molecule has 2 N–H and O–H groups in total. The number of aliphatic carboxylic acids is 1. The summed E-state index contributed by atoms with van der Waals surface area (Å²) >= 11 is 1.22. The molecule has 0 atom stereocenters. The van der Waals surface area contributed by atoms with Gasteiger partial charge in [-0.05, 0) is 43.5 Å². The number of hydrogen-bond acceptors (Lipinski definition) is 4. The Morgan fingerprint density at radius 3 is 2.43 bits per heavy atom. The van der Waals surface area contributed by atoms with Crippen molar-refractivity contribution in [3.8, 4) is 11.3 Å². The smallest absolute Gasteiger partial charge is 0.308 e. The second kappa shape index (κ2) is 6.91. The van der Waals surface area contributed by atoms with E-state index >= 15 is 0 Å². The molecule has 23 heavy (non-hydrogen) atoms. The van der Waals surface area contributed by atoms with Crippen molar-refractivity contribution < 1.29 is 14.7 Å². The Hall–Kier alpha value is -2.21. The van der Waals surface area contributed by atoms with Gasteiger partial charge in [0.25, 0.3) is 0 Å². The third-order valence-electron chi connectivity index (χ3n) is 3.67. The van der Waals surface area contributed by atoms with Gasteiger partial charge in [0.1, 0.15) is 0 Å². The number of carbonyl (C=O) groups excluding carboxylic acids is 1. The van der Waals surface area contributed by atoms with Gasteiger partial charge in [0.2, 0.25) is 5.91 Å². The molecule has 122 valence electrons. The van der Waals surface area contributed by atoms with Crippen LogP contribution in [-0.4, -0.2) is 22.0 Å². The van der Waals surface area contributed by atoms with Gasteiger partial charge in [-0.3, -0.25) is 9.59 Å². The highest BCUT2D eigenvalue weighted by atomic mass is 32.1. The van der Waals surface area contributed by atoms with Crippen LogP contribution < -0.4 is 5.32 Å². The topological polar surface area (TPSA) is 79.3 Å². The number of aryl methyl sites for hydroxylation is 3. The van der Waals surface area contributed by atoms with E-state index in [0.29, 0.717) is 22.1 Å². The summed E-state index contributed by atoms with van der Waals surface area (Å²) in [6.07, 6.45) is 0.243. The van der Waals surface area contributed by atoms with Crippen LogP contribution in [0.2, 0.25) is 0 Å². The zero-order chi connectivity index (χ0) is 17.1. The van der Waals surface area contributed by atoms with Gasteiger partial charge in [-0.1, -0.05) is 13.0 Å². The second-order valence-corrected chi connectivity index (χ2v) is 6.60. The molecular formula is C17H20N2O3S. The molecule has 6 heteroatoms. The van der Waals surface area contributed by atoms with Crippen molar-refractivity contribution in [2.45, 2.75) is 40.5 Å². The molecule has 0 spiro atoms. The molecule has 0 fully saturated rings. The highest BCUT2D eigenvalue weighted by molar-refractivity contribution is 7.16. The van der Waals surface area contributed by atoms with Gasteiger partial charge in [-0.15, -0.1) is 11.3 Å². The molecule has 0 saturated heterocycles. The Kier molecular flexibility index (Phi) is 5.15. The SMILES string of the molecule is CCC(=O)Nc1nc(-c2cc(C)c(C)cc2C)c(CC(=O)O)s1. The fraction of sp³-hybridized carbons (Fsp3) is 0.353. The van der Waals surface area contributed by atoms with Crippen LogP contribution in [-0.2, 0) is 16.0 Å². The molecule has 1 amide bonds. The quantitative estimate of drug-likeness (QED) is 0.875. The van der Waals surface area contributed by atoms with Crippen LogP contribution in [0.25, 0.3) is 11.3 Å². The van der Waals surface area contributed by atoms with Gasteiger partial charge in [-0.25, -0.2) is 4.98 Å². The lowest BCUT2D eigenvalue weighted by atomic mass is 9.98. The number of rotatable bonds is 5. The third kappa shape index (κ3) is 3.96. The minimum Gasteiger partial charge on any atom is -0.481 e. The maximum atomic E-state index is 11.6. The summed E-state index contributed by atoms with van der Waals surface area (Å²) in [6.45, 7) is 7.80. The van der Waals surface area contributed by atoms with Crippen LogP contribution in [0.3, 0.4) is 0 Å². The van der Waals surface area contributed by atoms with Gasteiger partial charge in [0.15, 0.2) is 5.13 Å². The fourth-order valence-corrected chi connectivity index (χ4v) is 3.28. The first-order chi connectivity index (χ1) is 10.8. The second-order valence-electron chi connectivity index (χ2n) is 5.51. The van der Waals surface area contributed by atoms with E-state index in [1.807, 2.05) is 26.8 Å². The van der Waals surface area contributed by atoms with E-state index in [1.165, 1.54) is 16.9 Å². The summed E-state index contributed by atoms with van der Waals surface area (Å²) in [6, 6.07) is 4.09. The van der Waals surface area contributed by atoms with Crippen LogP contribution in [0.15, 0.2) is 12.1 Å². The van der Waals surface area contributed by atoms with E-state index in [9.17, 15) is 9.59 Å². The normalized spacial score (nSPS) is 10.6. The van der Waals surface area contributed by atoms with E-state index in [-0.39, 0.29) is 12.3 Å². The molecule has 0 bridgehead atoms. The third-order valence-corrected chi connectivity index (χ3v) is 4.64. The monoisotopic (exact) mass is 332 g/mol. The first kappa shape index (κ1) is 17.1. The number of carboxylic acids is 1. The molecular weight excluding hydrogens is 312 g/mol. The van der Waals surface area contributed by atoms with Crippen LogP contribution in [0.1, 0.15) is 34.9 Å². The number of amides is 1. The molecule has 0 radical (unpaired) electrons. The van der Waals surface area contributed by atoms with E-state index in [1.54, 1.807) is 6.92 Å². The number of anilines is 1. The van der Waals surface area contributed by atoms with Gasteiger partial charge in [0.05, 0.1) is 12.1 Å². The summed E-state index contributed by atoms with van der Waals surface area (Å²) in [5.74, 6) is -1.05. The molecule has 1 heterocycles. The maximum Gasteiger partial charge on any atom is 0.308 e. The standard InChI is InChI=1S/C17H20N2O3S/c1-5-14(20)18-17-19-16(13(23-17)8-15(21)22)12-7-10(3)9(2)6-11(12)4/h6-7H,5,8H2,1-4H3,(H,21,22)(H,18,19,20). The number of thiazole rings is 1. The first-order valence-electron chi connectivity index (χ1n) is 7.41. The lowest BCUT2D eigenvalue weighted by Gasteiger charge is -2.09. The van der Waals surface area contributed by atoms with Gasteiger partial charge < -0.3 is 10.4 Å². The van der Waals surface area contributed by atoms with E-state index < -0.39 is 5.97 Å². The van der Waals surface area contributed by atoms with Gasteiger partial charge in [-0.2, -0.15) is 0 Å². The van der Waals surface area contributed by atoms with Crippen molar-refractivity contribution >= 4 is 28.3 Å². The Balaban J connectivity index is 2.53. The number of benzene rings is 1. The minimum absolute atomic E-state index is 0.110. The summed E-state index contributed by atoms with van der Waals surface area (Å²) in [7, 11) is 0. The predicted molar refractivity (Wildman–Crippen MR) is 92.0 cm³/mol. The minimum atomic E-state index is -0.912. The molecule has 5 nitrogen and oxygen atoms in total. The molecule has 1 aromatic carbocycles. The van der Waals surface area contributed by atoms with Crippen LogP contribution >= 0.6 is 11.3 Å². The number of hydrogen-bond donors (Lipinski definition) is 2. The fourth-order valence-electron chi connectivity index (χ4n) is 2.30. The molecule has 2 rings (SSSR count). The molecule has 2 aromatic rings. The number of carboxylic acid groups (broad SMARTS) is 1. The summed E-state index contributed by atoms with van der Waals surface area (Å²) in [4.78, 5) is 27.8. The van der Waals surface area contributed by atoms with Crippen molar-refractivity contribution in [3.05, 3.63) is 33.7 Å². The molecule has 0 aliphatic heterocycles. The Morgan fingerprint density at radius 1 is 1.17 bits per heavy atom. The number of nitrogens with zero attached hydrogens (tertiary/aromatic N) is 1. The van der Waals surface area contributed by atoms with E-state index in [4.69, 9.17) is 5.11 Å². The molecule has 0 aliphatic rings. The van der Waals surface area contributed by atoms with E-state index in [0.717, 1.165) is 16.7 Å². The van der Waals surface area contributed by atoms with Crippen molar-refractivity contribution in [1.29, 1.82) is 0 Å². The van der Waals surface area contributed by atoms with Gasteiger partial charge >= 0.3 is 5.97 Å². The average Bonchev–Trinajstić information content (AvgIpc) is 2.84. The van der Waals surface area contributed by atoms with E-state index in [2.05, 4.69) is 16.4 Å². The van der Waals surface area contributed by atoms with Crippen LogP contribution in [0.4, 0.5) is 5.13 Å². The number of nitrogens with one attached hydrogen (secondary N) is 1. The zero-order valence-corrected chi connectivity index (χ0v) is 14.5. The Bertz CT molecular complexity index is 765. The molecule has 1 aromatic heterocycles. The van der Waals surface area contributed by atoms with Crippen LogP contribution in [0.5, 0.6) is 0 Å². The summed E-state index contributed by atoms with van der Waals surface area (Å²) in [5.41, 5.74) is 4.90. The van der Waals surface area contributed by atoms with Crippen molar-refractivity contribution in [2.75, 3.05) is 5.32 Å². The highest BCUT2D eigenvalue weighted by Crippen LogP contribution is 2.34. The summed E-state index contributed by atoms with van der Waals surface area (Å²) in [5, 5.41) is 12.3. The zero-order valence-electron chi connectivity index (χ0n) is 13.7. The first-order valence-corrected chi connectivity index (χ1v) is 8.23. The number of carbonyl (C=O) groups is 2. The molecule has 0 unspecified atom stereocenters.